The molecule has 0 aliphatic carbocycles. The minimum absolute atomic E-state index is 0.592. The molecule has 1 saturated heterocycles. The number of aromatic amines is 2. The Bertz CT molecular complexity index is 1420. The van der Waals surface area contributed by atoms with Gasteiger partial charge in [0.25, 0.3) is 0 Å². The van der Waals surface area contributed by atoms with Gasteiger partial charge in [0.15, 0.2) is 11.5 Å². The largest absolute Gasteiger partial charge is 0.449 e. The lowest BCUT2D eigenvalue weighted by molar-refractivity contribution is 0.202. The molecule has 1 aliphatic rings. The molecular weight excluding hydrogens is 412 g/mol. The Labute approximate surface area is 192 Å². The topological polar surface area (TPSA) is 86.6 Å². The van der Waals surface area contributed by atoms with E-state index in [1.807, 2.05) is 19.3 Å². The predicted molar refractivity (Wildman–Crippen MR) is 129 cm³/mol. The van der Waals surface area contributed by atoms with Crippen molar-refractivity contribution in [3.8, 4) is 11.3 Å². The highest BCUT2D eigenvalue weighted by Gasteiger charge is 2.23. The van der Waals surface area contributed by atoms with Crippen molar-refractivity contribution in [3.63, 3.8) is 0 Å². The lowest BCUT2D eigenvalue weighted by Crippen LogP contribution is -2.32. The van der Waals surface area contributed by atoms with Crippen molar-refractivity contribution < 1.29 is 4.42 Å². The van der Waals surface area contributed by atoms with E-state index in [0.29, 0.717) is 5.92 Å². The van der Waals surface area contributed by atoms with E-state index in [2.05, 4.69) is 61.2 Å². The second-order valence-electron chi connectivity index (χ2n) is 9.04. The fourth-order valence-corrected chi connectivity index (χ4v) is 5.32. The summed E-state index contributed by atoms with van der Waals surface area (Å²) in [6, 6.07) is 9.06. The van der Waals surface area contributed by atoms with Gasteiger partial charge < -0.3 is 9.40 Å². The zero-order valence-electron chi connectivity index (χ0n) is 19.1. The number of pyridine rings is 1. The average Bonchev–Trinajstić information content (AvgIpc) is 3.56. The zero-order chi connectivity index (χ0) is 22.4. The number of rotatable bonds is 5. The number of fused-ring (bicyclic) bond motifs is 2. The lowest BCUT2D eigenvalue weighted by atomic mass is 9.88. The fraction of sp³-hybridized carbons (Fsp3) is 0.346. The van der Waals surface area contributed by atoms with E-state index in [0.717, 1.165) is 54.2 Å². The molecule has 0 saturated carbocycles. The summed E-state index contributed by atoms with van der Waals surface area (Å²) in [5.74, 6) is 1.33. The molecule has 2 N–H and O–H groups in total. The van der Waals surface area contributed by atoms with E-state index in [4.69, 9.17) is 4.42 Å². The highest BCUT2D eigenvalue weighted by molar-refractivity contribution is 5.98. The van der Waals surface area contributed by atoms with Crippen molar-refractivity contribution in [2.24, 2.45) is 0 Å². The third-order valence-corrected chi connectivity index (χ3v) is 7.02. The lowest BCUT2D eigenvalue weighted by Gasteiger charge is -2.31. The van der Waals surface area contributed by atoms with Crippen molar-refractivity contribution in [3.05, 3.63) is 65.6 Å². The van der Waals surface area contributed by atoms with E-state index < -0.39 is 0 Å². The zero-order valence-corrected chi connectivity index (χ0v) is 19.1. The fourth-order valence-electron chi connectivity index (χ4n) is 5.32. The highest BCUT2D eigenvalue weighted by atomic mass is 16.3. The van der Waals surface area contributed by atoms with E-state index in [9.17, 15) is 0 Å². The summed E-state index contributed by atoms with van der Waals surface area (Å²) in [4.78, 5) is 15.0. The third-order valence-electron chi connectivity index (χ3n) is 7.02. The molecule has 7 nitrogen and oxygen atoms in total. The maximum absolute atomic E-state index is 5.36. The van der Waals surface area contributed by atoms with Crippen LogP contribution in [0, 0.1) is 6.92 Å². The molecule has 33 heavy (non-hydrogen) atoms. The molecule has 0 unspecified atom stereocenters. The van der Waals surface area contributed by atoms with Gasteiger partial charge >= 0.3 is 0 Å². The molecule has 1 aliphatic heterocycles. The second kappa shape index (κ2) is 8.15. The quantitative estimate of drug-likeness (QED) is 0.385. The van der Waals surface area contributed by atoms with Crippen molar-refractivity contribution in [1.82, 2.24) is 30.0 Å². The maximum atomic E-state index is 5.36. The number of benzene rings is 1. The Morgan fingerprint density at radius 3 is 2.82 bits per heavy atom. The predicted octanol–water partition coefficient (Wildman–Crippen LogP) is 5.34. The summed E-state index contributed by atoms with van der Waals surface area (Å²) in [5, 5.41) is 9.56. The molecule has 0 spiro atoms. The molecule has 168 valence electrons. The van der Waals surface area contributed by atoms with Crippen LogP contribution in [0.4, 0.5) is 0 Å². The minimum atomic E-state index is 0.592. The van der Waals surface area contributed by atoms with Crippen LogP contribution in [0.1, 0.15) is 48.4 Å². The van der Waals surface area contributed by atoms with Crippen LogP contribution in [0.25, 0.3) is 33.2 Å². The molecule has 5 aromatic rings. The van der Waals surface area contributed by atoms with Crippen molar-refractivity contribution in [2.45, 2.75) is 45.6 Å². The van der Waals surface area contributed by atoms with Gasteiger partial charge in [-0.05, 0) is 67.6 Å². The Morgan fingerprint density at radius 1 is 1.15 bits per heavy atom. The maximum Gasteiger partial charge on any atom is 0.191 e. The number of hydrogen-bond acceptors (Lipinski definition) is 5. The second-order valence-corrected chi connectivity index (χ2v) is 9.04. The number of H-pyrrole nitrogens is 2. The van der Waals surface area contributed by atoms with Crippen LogP contribution >= 0.6 is 0 Å². The van der Waals surface area contributed by atoms with Crippen LogP contribution < -0.4 is 0 Å². The van der Waals surface area contributed by atoms with Crippen LogP contribution in [0.3, 0.4) is 0 Å². The molecule has 1 aromatic carbocycles. The van der Waals surface area contributed by atoms with Gasteiger partial charge in [-0.3, -0.25) is 10.00 Å². The van der Waals surface area contributed by atoms with E-state index in [1.54, 1.807) is 6.26 Å². The Balaban J connectivity index is 1.27. The first kappa shape index (κ1) is 20.2. The summed E-state index contributed by atoms with van der Waals surface area (Å²) >= 11 is 0. The van der Waals surface area contributed by atoms with Gasteiger partial charge in [-0.15, -0.1) is 0 Å². The Kier molecular flexibility index (Phi) is 4.99. The van der Waals surface area contributed by atoms with Gasteiger partial charge in [0, 0.05) is 41.5 Å². The summed E-state index contributed by atoms with van der Waals surface area (Å²) in [6.07, 6.45) is 8.80. The minimum Gasteiger partial charge on any atom is -0.449 e. The van der Waals surface area contributed by atoms with Crippen LogP contribution in [0.5, 0.6) is 0 Å². The first-order valence-corrected chi connectivity index (χ1v) is 11.8. The first-order valence-electron chi connectivity index (χ1n) is 11.8. The molecule has 1 fully saturated rings. The molecule has 0 atom stereocenters. The van der Waals surface area contributed by atoms with Crippen LogP contribution in [-0.2, 0) is 13.0 Å². The monoisotopic (exact) mass is 440 g/mol. The van der Waals surface area contributed by atoms with Crippen molar-refractivity contribution >= 4 is 21.9 Å². The van der Waals surface area contributed by atoms with Crippen molar-refractivity contribution in [2.75, 3.05) is 13.1 Å². The molecule has 0 bridgehead atoms. The number of aryl methyl sites for hydroxylation is 2. The number of oxazole rings is 1. The van der Waals surface area contributed by atoms with Crippen LogP contribution in [0.15, 0.2) is 47.3 Å². The van der Waals surface area contributed by atoms with Crippen LogP contribution in [-0.4, -0.2) is 43.1 Å². The number of nitrogens with zero attached hydrogens (tertiary/aromatic N) is 4. The summed E-state index contributed by atoms with van der Waals surface area (Å²) < 4.78 is 5.36. The average molecular weight is 441 g/mol. The smallest absolute Gasteiger partial charge is 0.191 e. The Hall–Kier alpha value is -3.45. The summed E-state index contributed by atoms with van der Waals surface area (Å²) in [7, 11) is 0. The summed E-state index contributed by atoms with van der Waals surface area (Å²) in [5.41, 5.74) is 8.18. The number of nitrogens with one attached hydrogen (secondary N) is 2. The Morgan fingerprint density at radius 2 is 2.03 bits per heavy atom. The molecule has 0 amide bonds. The van der Waals surface area contributed by atoms with Crippen LogP contribution in [0.2, 0.25) is 0 Å². The number of likely N-dealkylation sites (tertiary alicyclic amines) is 1. The molecule has 4 aromatic heterocycles. The van der Waals surface area contributed by atoms with Gasteiger partial charge in [-0.2, -0.15) is 5.10 Å². The standard InChI is InChI=1S/C26H28N6O/c1-3-20-22-12-18(17-7-10-32(11-8-17)14-19-15-33-16(2)29-19)4-5-24(22)30-25(20)21-6-9-27-26-23(21)13-28-31-26/h4-6,9,12-13,15,17,30H,3,7-8,10-11,14H2,1-2H3,(H,27,28,31). The first-order chi connectivity index (χ1) is 16.2. The van der Waals surface area contributed by atoms with Gasteiger partial charge in [0.2, 0.25) is 0 Å². The molecule has 7 heteroatoms. The van der Waals surface area contributed by atoms with E-state index in [1.165, 1.54) is 40.6 Å². The molecule has 0 radical (unpaired) electrons. The summed E-state index contributed by atoms with van der Waals surface area (Å²) in [6.45, 7) is 7.18. The van der Waals surface area contributed by atoms with Gasteiger partial charge in [0.05, 0.1) is 17.6 Å². The third kappa shape index (κ3) is 3.62. The molecular formula is C26H28N6O. The highest BCUT2D eigenvalue weighted by Crippen LogP contribution is 2.37. The van der Waals surface area contributed by atoms with Gasteiger partial charge in [-0.25, -0.2) is 9.97 Å². The molecule has 5 heterocycles. The van der Waals surface area contributed by atoms with Gasteiger partial charge in [-0.1, -0.05) is 13.0 Å². The van der Waals surface area contributed by atoms with E-state index in [-0.39, 0.29) is 0 Å². The molecule has 6 rings (SSSR count). The van der Waals surface area contributed by atoms with E-state index >= 15 is 0 Å². The number of hydrogen-bond donors (Lipinski definition) is 2. The number of piperidine rings is 1. The van der Waals surface area contributed by atoms with Gasteiger partial charge in [0.1, 0.15) is 6.26 Å². The normalized spacial score (nSPS) is 15.7. The number of aromatic nitrogens is 5. The SMILES string of the molecule is CCc1c(-c2ccnc3[nH]ncc23)[nH]c2ccc(C3CCN(Cc4coc(C)n4)CC3)cc12. The van der Waals surface area contributed by atoms with Crippen molar-refractivity contribution in [1.29, 1.82) is 0 Å².